The van der Waals surface area contributed by atoms with Crippen molar-refractivity contribution in [3.8, 4) is 22.3 Å². The van der Waals surface area contributed by atoms with Gasteiger partial charge in [-0.15, -0.1) is 11.3 Å². The second kappa shape index (κ2) is 11.5. The molecule has 0 atom stereocenters. The molecule has 0 N–H and O–H groups in total. The van der Waals surface area contributed by atoms with Crippen LogP contribution in [0, 0.1) is 0 Å². The molecule has 52 heavy (non-hydrogen) atoms. The van der Waals surface area contributed by atoms with Crippen molar-refractivity contribution in [3.05, 3.63) is 176 Å². The van der Waals surface area contributed by atoms with Crippen LogP contribution in [-0.2, 0) is 0 Å². The van der Waals surface area contributed by atoms with Crippen molar-refractivity contribution in [3.63, 3.8) is 0 Å². The third kappa shape index (κ3) is 4.51. The van der Waals surface area contributed by atoms with Crippen LogP contribution in [0.4, 0.5) is 17.1 Å². The summed E-state index contributed by atoms with van der Waals surface area (Å²) in [6, 6.07) is 62.4. The molecule has 0 bridgehead atoms. The SMILES string of the molecule is c1ccc(-c2ccc3c(c2)oc2ccc(N(c4ccc5c(c4)sc4ccccc45)c4ccc(-c5ccccc5)c5oc6ccccc6c45)cc23)cc1. The van der Waals surface area contributed by atoms with Crippen molar-refractivity contribution in [2.45, 2.75) is 0 Å². The molecule has 0 spiro atoms. The summed E-state index contributed by atoms with van der Waals surface area (Å²) in [6.07, 6.45) is 0. The van der Waals surface area contributed by atoms with E-state index in [1.54, 1.807) is 0 Å². The monoisotopic (exact) mass is 683 g/mol. The van der Waals surface area contributed by atoms with Gasteiger partial charge in [0.25, 0.3) is 0 Å². The maximum absolute atomic E-state index is 6.73. The first-order chi connectivity index (χ1) is 25.8. The number of fused-ring (bicyclic) bond motifs is 9. The quantitative estimate of drug-likeness (QED) is 0.181. The second-order valence-electron chi connectivity index (χ2n) is 13.3. The molecule has 0 unspecified atom stereocenters. The molecule has 0 aliphatic heterocycles. The number of thiophene rings is 1. The number of benzene rings is 8. The molecule has 4 heteroatoms. The number of anilines is 3. The Hall–Kier alpha value is -6.62. The normalized spacial score (nSPS) is 11.8. The highest BCUT2D eigenvalue weighted by Gasteiger charge is 2.23. The van der Waals surface area contributed by atoms with Gasteiger partial charge in [-0.05, 0) is 83.4 Å². The molecule has 3 nitrogen and oxygen atoms in total. The van der Waals surface area contributed by atoms with E-state index in [2.05, 4.69) is 169 Å². The Morgan fingerprint density at radius 3 is 1.92 bits per heavy atom. The standard InChI is InChI=1S/C48H29NO2S/c1-3-11-30(12-4-1)32-19-22-36-40-28-33(21-26-43(40)50-44(36)27-32)49(34-20-23-38-37-15-8-10-18-45(37)52-46(38)29-34)41-25-24-35(31-13-5-2-6-14-31)48-47(41)39-16-7-9-17-42(39)51-48/h1-29H. The van der Waals surface area contributed by atoms with Gasteiger partial charge in [0, 0.05) is 53.3 Å². The minimum absolute atomic E-state index is 0.863. The van der Waals surface area contributed by atoms with Crippen molar-refractivity contribution >= 4 is 92.4 Å². The van der Waals surface area contributed by atoms with Crippen molar-refractivity contribution < 1.29 is 8.83 Å². The lowest BCUT2D eigenvalue weighted by Gasteiger charge is -2.27. The zero-order valence-corrected chi connectivity index (χ0v) is 28.7. The lowest BCUT2D eigenvalue weighted by Crippen LogP contribution is -2.10. The summed E-state index contributed by atoms with van der Waals surface area (Å²) in [4.78, 5) is 2.39. The van der Waals surface area contributed by atoms with E-state index in [0.717, 1.165) is 77.6 Å². The third-order valence-corrected chi connectivity index (χ3v) is 11.4. The lowest BCUT2D eigenvalue weighted by atomic mass is 9.99. The maximum atomic E-state index is 6.73. The lowest BCUT2D eigenvalue weighted by molar-refractivity contribution is 0.669. The topological polar surface area (TPSA) is 29.5 Å². The summed E-state index contributed by atoms with van der Waals surface area (Å²) in [7, 11) is 0. The van der Waals surface area contributed by atoms with E-state index < -0.39 is 0 Å². The van der Waals surface area contributed by atoms with Gasteiger partial charge in [-0.3, -0.25) is 0 Å². The zero-order chi connectivity index (χ0) is 34.2. The molecular weight excluding hydrogens is 655 g/mol. The Kier molecular flexibility index (Phi) is 6.42. The molecule has 0 radical (unpaired) electrons. The maximum Gasteiger partial charge on any atom is 0.145 e. The van der Waals surface area contributed by atoms with Gasteiger partial charge < -0.3 is 13.7 Å². The molecule has 3 aromatic heterocycles. The fourth-order valence-electron chi connectivity index (χ4n) is 7.84. The van der Waals surface area contributed by atoms with E-state index in [1.807, 2.05) is 23.5 Å². The summed E-state index contributed by atoms with van der Waals surface area (Å²) in [5.74, 6) is 0. The predicted octanol–water partition coefficient (Wildman–Crippen LogP) is 14.7. The first-order valence-corrected chi connectivity index (χ1v) is 18.3. The minimum Gasteiger partial charge on any atom is -0.456 e. The highest BCUT2D eigenvalue weighted by Crippen LogP contribution is 2.48. The highest BCUT2D eigenvalue weighted by molar-refractivity contribution is 7.25. The van der Waals surface area contributed by atoms with Gasteiger partial charge in [0.1, 0.15) is 22.3 Å². The molecule has 3 heterocycles. The van der Waals surface area contributed by atoms with Crippen molar-refractivity contribution in [1.82, 2.24) is 0 Å². The summed E-state index contributed by atoms with van der Waals surface area (Å²) in [6.45, 7) is 0. The van der Waals surface area contributed by atoms with Crippen molar-refractivity contribution in [2.24, 2.45) is 0 Å². The minimum atomic E-state index is 0.863. The van der Waals surface area contributed by atoms with Crippen molar-refractivity contribution in [1.29, 1.82) is 0 Å². The number of hydrogen-bond donors (Lipinski definition) is 0. The van der Waals surface area contributed by atoms with Crippen LogP contribution in [0.2, 0.25) is 0 Å². The Morgan fingerprint density at radius 1 is 0.385 bits per heavy atom. The van der Waals surface area contributed by atoms with Gasteiger partial charge in [0.2, 0.25) is 0 Å². The molecule has 0 saturated heterocycles. The third-order valence-electron chi connectivity index (χ3n) is 10.3. The zero-order valence-electron chi connectivity index (χ0n) is 27.9. The second-order valence-corrected chi connectivity index (χ2v) is 14.4. The van der Waals surface area contributed by atoms with Gasteiger partial charge in [0.15, 0.2) is 0 Å². The van der Waals surface area contributed by atoms with Crippen LogP contribution in [0.25, 0.3) is 86.3 Å². The van der Waals surface area contributed by atoms with E-state index in [0.29, 0.717) is 0 Å². The Morgan fingerprint density at radius 2 is 1.06 bits per heavy atom. The average molecular weight is 684 g/mol. The molecule has 244 valence electrons. The Labute approximate surface area is 303 Å². The van der Waals surface area contributed by atoms with Crippen LogP contribution < -0.4 is 4.90 Å². The number of nitrogens with zero attached hydrogens (tertiary/aromatic N) is 1. The number of hydrogen-bond acceptors (Lipinski definition) is 4. The fourth-order valence-corrected chi connectivity index (χ4v) is 8.98. The molecule has 8 aromatic carbocycles. The van der Waals surface area contributed by atoms with Gasteiger partial charge in [-0.1, -0.05) is 109 Å². The van der Waals surface area contributed by atoms with Crippen LogP contribution in [-0.4, -0.2) is 0 Å². The molecule has 0 aliphatic carbocycles. The molecule has 11 rings (SSSR count). The summed E-state index contributed by atoms with van der Waals surface area (Å²) in [5.41, 5.74) is 11.2. The molecule has 0 saturated carbocycles. The highest BCUT2D eigenvalue weighted by atomic mass is 32.1. The first kappa shape index (κ1) is 29.1. The first-order valence-electron chi connectivity index (χ1n) is 17.5. The van der Waals surface area contributed by atoms with Crippen LogP contribution in [0.15, 0.2) is 185 Å². The Bertz CT molecular complexity index is 3130. The molecule has 0 amide bonds. The van der Waals surface area contributed by atoms with Gasteiger partial charge in [-0.2, -0.15) is 0 Å². The van der Waals surface area contributed by atoms with Gasteiger partial charge in [0.05, 0.1) is 11.1 Å². The predicted molar refractivity (Wildman–Crippen MR) is 219 cm³/mol. The summed E-state index contributed by atoms with van der Waals surface area (Å²) < 4.78 is 15.8. The van der Waals surface area contributed by atoms with Crippen LogP contribution in [0.1, 0.15) is 0 Å². The molecule has 11 aromatic rings. The Balaban J connectivity index is 1.17. The van der Waals surface area contributed by atoms with E-state index in [1.165, 1.54) is 25.7 Å². The van der Waals surface area contributed by atoms with E-state index in [9.17, 15) is 0 Å². The fraction of sp³-hybridized carbons (Fsp3) is 0. The number of rotatable bonds is 5. The molecule has 0 fully saturated rings. The smallest absolute Gasteiger partial charge is 0.145 e. The van der Waals surface area contributed by atoms with E-state index in [4.69, 9.17) is 8.83 Å². The van der Waals surface area contributed by atoms with Crippen LogP contribution in [0.5, 0.6) is 0 Å². The number of para-hydroxylation sites is 1. The molecule has 0 aliphatic rings. The largest absolute Gasteiger partial charge is 0.456 e. The van der Waals surface area contributed by atoms with Crippen LogP contribution in [0.3, 0.4) is 0 Å². The van der Waals surface area contributed by atoms with Crippen LogP contribution >= 0.6 is 11.3 Å². The average Bonchev–Trinajstić information content (AvgIpc) is 3.89. The van der Waals surface area contributed by atoms with E-state index in [-0.39, 0.29) is 0 Å². The van der Waals surface area contributed by atoms with E-state index >= 15 is 0 Å². The summed E-state index contributed by atoms with van der Waals surface area (Å²) >= 11 is 1.84. The number of furan rings is 2. The molecular formula is C48H29NO2S. The van der Waals surface area contributed by atoms with Gasteiger partial charge in [-0.25, -0.2) is 0 Å². The summed E-state index contributed by atoms with van der Waals surface area (Å²) in [5, 5.41) is 6.90. The van der Waals surface area contributed by atoms with Gasteiger partial charge >= 0.3 is 0 Å². The van der Waals surface area contributed by atoms with Crippen molar-refractivity contribution in [2.75, 3.05) is 4.90 Å².